The molecule has 3 atom stereocenters. The molecule has 0 bridgehead atoms. The number of allylic oxidation sites excluding steroid dienone is 2. The van der Waals surface area contributed by atoms with E-state index in [9.17, 15) is 5.11 Å². The topological polar surface area (TPSA) is 29.5 Å². The molecular formula is C12H20O2. The predicted molar refractivity (Wildman–Crippen MR) is 57.8 cm³/mol. The zero-order valence-electron chi connectivity index (χ0n) is 9.02. The van der Waals surface area contributed by atoms with Crippen LogP contribution < -0.4 is 0 Å². The average Bonchev–Trinajstić information content (AvgIpc) is 2.53. The second kappa shape index (κ2) is 5.99. The van der Waals surface area contributed by atoms with Gasteiger partial charge in [-0.15, -0.1) is 0 Å². The first-order valence-corrected chi connectivity index (χ1v) is 5.42. The standard InChI is InChI=1S/C12H20O2/c1-3-5-7-10-9-14-12(13)11(10)8-6-4-2/h5-8,10-13H,3-4,9H2,1-2H3/b7-5?,8-6+/t10-,11-,12?/m1/s1. The second-order valence-corrected chi connectivity index (χ2v) is 3.64. The molecule has 1 heterocycles. The lowest BCUT2D eigenvalue weighted by Gasteiger charge is -2.12. The Hall–Kier alpha value is -0.600. The fourth-order valence-corrected chi connectivity index (χ4v) is 1.67. The van der Waals surface area contributed by atoms with Crippen molar-refractivity contribution in [2.24, 2.45) is 11.8 Å². The van der Waals surface area contributed by atoms with Crippen LogP contribution in [0.3, 0.4) is 0 Å². The summed E-state index contributed by atoms with van der Waals surface area (Å²) in [5, 5.41) is 9.58. The van der Waals surface area contributed by atoms with Crippen LogP contribution in [0.4, 0.5) is 0 Å². The molecule has 0 saturated carbocycles. The van der Waals surface area contributed by atoms with E-state index >= 15 is 0 Å². The minimum atomic E-state index is -0.621. The third-order valence-corrected chi connectivity index (χ3v) is 2.50. The largest absolute Gasteiger partial charge is 0.367 e. The van der Waals surface area contributed by atoms with E-state index in [4.69, 9.17) is 4.74 Å². The molecule has 1 unspecified atom stereocenters. The summed E-state index contributed by atoms with van der Waals surface area (Å²) < 4.78 is 5.23. The van der Waals surface area contributed by atoms with E-state index in [0.717, 1.165) is 12.8 Å². The highest BCUT2D eigenvalue weighted by Gasteiger charge is 2.32. The molecular weight excluding hydrogens is 176 g/mol. The molecule has 2 heteroatoms. The van der Waals surface area contributed by atoms with E-state index in [2.05, 4.69) is 38.2 Å². The number of hydrogen-bond acceptors (Lipinski definition) is 2. The Morgan fingerprint density at radius 1 is 1.21 bits per heavy atom. The van der Waals surface area contributed by atoms with Crippen molar-refractivity contribution in [1.82, 2.24) is 0 Å². The third-order valence-electron chi connectivity index (χ3n) is 2.50. The molecule has 0 aromatic carbocycles. The quantitative estimate of drug-likeness (QED) is 0.700. The van der Waals surface area contributed by atoms with Crippen LogP contribution >= 0.6 is 0 Å². The van der Waals surface area contributed by atoms with Crippen LogP contribution in [-0.4, -0.2) is 18.0 Å². The summed E-state index contributed by atoms with van der Waals surface area (Å²) in [6, 6.07) is 0. The van der Waals surface area contributed by atoms with E-state index in [1.807, 2.05) is 0 Å². The molecule has 0 aromatic rings. The Bertz CT molecular complexity index is 208. The normalized spacial score (nSPS) is 33.5. The van der Waals surface area contributed by atoms with Gasteiger partial charge in [-0.2, -0.15) is 0 Å². The molecule has 1 saturated heterocycles. The summed E-state index contributed by atoms with van der Waals surface area (Å²) in [7, 11) is 0. The fourth-order valence-electron chi connectivity index (χ4n) is 1.67. The van der Waals surface area contributed by atoms with E-state index in [1.165, 1.54) is 0 Å². The molecule has 0 radical (unpaired) electrons. The van der Waals surface area contributed by atoms with Gasteiger partial charge in [-0.05, 0) is 12.8 Å². The molecule has 80 valence electrons. The van der Waals surface area contributed by atoms with Gasteiger partial charge in [0.25, 0.3) is 0 Å². The van der Waals surface area contributed by atoms with Crippen LogP contribution in [0, 0.1) is 11.8 Å². The highest BCUT2D eigenvalue weighted by Crippen LogP contribution is 2.28. The van der Waals surface area contributed by atoms with Crippen molar-refractivity contribution in [3.05, 3.63) is 24.3 Å². The Kier molecular flexibility index (Phi) is 4.91. The van der Waals surface area contributed by atoms with Crippen LogP contribution in [0.1, 0.15) is 26.7 Å². The van der Waals surface area contributed by atoms with Crippen molar-refractivity contribution in [3.63, 3.8) is 0 Å². The Labute approximate surface area is 86.3 Å². The van der Waals surface area contributed by atoms with Gasteiger partial charge < -0.3 is 9.84 Å². The van der Waals surface area contributed by atoms with Crippen LogP contribution in [0.2, 0.25) is 0 Å². The van der Waals surface area contributed by atoms with Gasteiger partial charge in [0, 0.05) is 11.8 Å². The summed E-state index contributed by atoms with van der Waals surface area (Å²) in [6.45, 7) is 4.84. The number of ether oxygens (including phenoxy) is 1. The molecule has 0 spiro atoms. The number of hydrogen-bond donors (Lipinski definition) is 1. The first-order valence-electron chi connectivity index (χ1n) is 5.42. The van der Waals surface area contributed by atoms with Gasteiger partial charge in [-0.3, -0.25) is 0 Å². The molecule has 1 fully saturated rings. The van der Waals surface area contributed by atoms with Gasteiger partial charge in [-0.1, -0.05) is 38.2 Å². The smallest absolute Gasteiger partial charge is 0.161 e. The summed E-state index contributed by atoms with van der Waals surface area (Å²) in [6.07, 6.45) is 9.88. The van der Waals surface area contributed by atoms with Crippen molar-refractivity contribution in [2.45, 2.75) is 33.0 Å². The van der Waals surface area contributed by atoms with E-state index in [0.29, 0.717) is 12.5 Å². The van der Waals surface area contributed by atoms with Gasteiger partial charge >= 0.3 is 0 Å². The summed E-state index contributed by atoms with van der Waals surface area (Å²) >= 11 is 0. The lowest BCUT2D eigenvalue weighted by Crippen LogP contribution is -2.16. The van der Waals surface area contributed by atoms with Crippen LogP contribution in [0.25, 0.3) is 0 Å². The fraction of sp³-hybridized carbons (Fsp3) is 0.667. The molecule has 1 aliphatic heterocycles. The zero-order valence-corrected chi connectivity index (χ0v) is 9.02. The lowest BCUT2D eigenvalue weighted by molar-refractivity contribution is -0.0735. The first kappa shape index (κ1) is 11.5. The number of aliphatic hydroxyl groups excluding tert-OH is 1. The van der Waals surface area contributed by atoms with Crippen molar-refractivity contribution in [2.75, 3.05) is 6.61 Å². The SMILES string of the molecule is CCC=C[C@@H]1COC(O)[C@@H]1/C=C/CC. The monoisotopic (exact) mass is 196 g/mol. The van der Waals surface area contributed by atoms with Crippen LogP contribution in [0.15, 0.2) is 24.3 Å². The van der Waals surface area contributed by atoms with Crippen molar-refractivity contribution in [1.29, 1.82) is 0 Å². The highest BCUT2D eigenvalue weighted by molar-refractivity contribution is 5.03. The van der Waals surface area contributed by atoms with Crippen LogP contribution in [0.5, 0.6) is 0 Å². The Balaban J connectivity index is 2.57. The number of rotatable bonds is 4. The van der Waals surface area contributed by atoms with E-state index in [1.54, 1.807) is 0 Å². The summed E-state index contributed by atoms with van der Waals surface area (Å²) in [5.74, 6) is 0.477. The van der Waals surface area contributed by atoms with Gasteiger partial charge in [0.2, 0.25) is 0 Å². The van der Waals surface area contributed by atoms with Gasteiger partial charge in [0.15, 0.2) is 6.29 Å². The molecule has 1 N–H and O–H groups in total. The van der Waals surface area contributed by atoms with E-state index in [-0.39, 0.29) is 5.92 Å². The van der Waals surface area contributed by atoms with Gasteiger partial charge in [0.1, 0.15) is 0 Å². The maximum Gasteiger partial charge on any atom is 0.161 e. The molecule has 1 rings (SSSR count). The minimum absolute atomic E-state index is 0.137. The van der Waals surface area contributed by atoms with E-state index < -0.39 is 6.29 Å². The minimum Gasteiger partial charge on any atom is -0.367 e. The molecule has 1 aliphatic rings. The van der Waals surface area contributed by atoms with Gasteiger partial charge in [0.05, 0.1) is 6.61 Å². The van der Waals surface area contributed by atoms with Crippen molar-refractivity contribution in [3.8, 4) is 0 Å². The molecule has 2 nitrogen and oxygen atoms in total. The molecule has 14 heavy (non-hydrogen) atoms. The molecule has 0 amide bonds. The van der Waals surface area contributed by atoms with Crippen molar-refractivity contribution < 1.29 is 9.84 Å². The second-order valence-electron chi connectivity index (χ2n) is 3.64. The summed E-state index contributed by atoms with van der Waals surface area (Å²) in [5.41, 5.74) is 0. The maximum absolute atomic E-state index is 9.58. The summed E-state index contributed by atoms with van der Waals surface area (Å²) in [4.78, 5) is 0. The Morgan fingerprint density at radius 2 is 1.86 bits per heavy atom. The highest BCUT2D eigenvalue weighted by atomic mass is 16.6. The predicted octanol–water partition coefficient (Wildman–Crippen LogP) is 2.50. The maximum atomic E-state index is 9.58. The Morgan fingerprint density at radius 3 is 2.50 bits per heavy atom. The average molecular weight is 196 g/mol. The van der Waals surface area contributed by atoms with Crippen LogP contribution in [-0.2, 0) is 4.74 Å². The molecule has 0 aliphatic carbocycles. The van der Waals surface area contributed by atoms with Gasteiger partial charge in [-0.25, -0.2) is 0 Å². The van der Waals surface area contributed by atoms with Crippen molar-refractivity contribution >= 4 is 0 Å². The lowest BCUT2D eigenvalue weighted by atomic mass is 9.93. The zero-order chi connectivity index (χ0) is 10.4. The first-order chi connectivity index (χ1) is 6.79. The third kappa shape index (κ3) is 2.96. The molecule has 0 aromatic heterocycles. The number of aliphatic hydroxyl groups is 1.